The average molecular weight is 462 g/mol. The van der Waals surface area contributed by atoms with E-state index in [1.54, 1.807) is 30.6 Å². The maximum absolute atomic E-state index is 13.0. The third-order valence-corrected chi connectivity index (χ3v) is 6.43. The number of fused-ring (bicyclic) bond motifs is 1. The first-order valence-corrected chi connectivity index (χ1v) is 11.5. The van der Waals surface area contributed by atoms with E-state index in [1.807, 2.05) is 19.9 Å². The van der Waals surface area contributed by atoms with Crippen LogP contribution in [0.5, 0.6) is 0 Å². The lowest BCUT2D eigenvalue weighted by atomic mass is 10.0. The summed E-state index contributed by atoms with van der Waals surface area (Å²) in [6.07, 6.45) is 5.81. The smallest absolute Gasteiger partial charge is 0.431 e. The Hall–Kier alpha value is -2.85. The predicted molar refractivity (Wildman–Crippen MR) is 119 cm³/mol. The Labute approximate surface area is 191 Å². The van der Waals surface area contributed by atoms with Crippen molar-refractivity contribution in [3.05, 3.63) is 47.4 Å². The summed E-state index contributed by atoms with van der Waals surface area (Å²) in [7, 11) is 0. The molecule has 10 heteroatoms. The van der Waals surface area contributed by atoms with Crippen molar-refractivity contribution in [2.45, 2.75) is 57.4 Å². The average Bonchev–Trinajstić information content (AvgIpc) is 2.80. The molecule has 2 aliphatic rings. The van der Waals surface area contributed by atoms with E-state index in [9.17, 15) is 14.4 Å². The van der Waals surface area contributed by atoms with Gasteiger partial charge in [0.15, 0.2) is 0 Å². The third kappa shape index (κ3) is 5.31. The molecule has 32 heavy (non-hydrogen) atoms. The minimum Gasteiger partial charge on any atom is -0.431 e. The number of allylic oxidation sites excluding steroid dienone is 1. The molecule has 0 bridgehead atoms. The van der Waals surface area contributed by atoms with Gasteiger partial charge in [-0.05, 0) is 30.0 Å². The number of aromatic nitrogens is 1. The van der Waals surface area contributed by atoms with Crippen molar-refractivity contribution in [1.29, 1.82) is 0 Å². The Bertz CT molecular complexity index is 916. The van der Waals surface area contributed by atoms with Gasteiger partial charge in [-0.1, -0.05) is 32.1 Å². The molecular weight excluding hydrogens is 434 g/mol. The zero-order valence-corrected chi connectivity index (χ0v) is 19.0. The summed E-state index contributed by atoms with van der Waals surface area (Å²) in [4.78, 5) is 42.7. The number of esters is 1. The standard InChI is InChI=1S/C22H27N3O6S/c1-4-16(5-2)31-22(28)30-13(3)29-21(27)18-15(9-8-14-7-6-10-24-11-14)12-32-20-17(23)19(26)25(18)20/h6-11,13,16-17,20H,4-5,12,23H2,1-3H3/b9-8-/t13?,17-,20-/m1/s1. The van der Waals surface area contributed by atoms with Crippen molar-refractivity contribution in [2.75, 3.05) is 5.75 Å². The highest BCUT2D eigenvalue weighted by molar-refractivity contribution is 8.00. The first-order valence-electron chi connectivity index (χ1n) is 10.4. The van der Waals surface area contributed by atoms with Gasteiger partial charge >= 0.3 is 12.1 Å². The molecule has 0 aliphatic carbocycles. The fourth-order valence-corrected chi connectivity index (χ4v) is 4.58. The third-order valence-electron chi connectivity index (χ3n) is 5.10. The van der Waals surface area contributed by atoms with Crippen molar-refractivity contribution < 1.29 is 28.6 Å². The number of hydrogen-bond donors (Lipinski definition) is 1. The topological polar surface area (TPSA) is 121 Å². The number of pyridine rings is 1. The van der Waals surface area contributed by atoms with Crippen LogP contribution in [0.15, 0.2) is 41.9 Å². The van der Waals surface area contributed by atoms with E-state index in [4.69, 9.17) is 19.9 Å². The Balaban J connectivity index is 1.75. The van der Waals surface area contributed by atoms with Gasteiger partial charge in [0.2, 0.25) is 12.2 Å². The predicted octanol–water partition coefficient (Wildman–Crippen LogP) is 2.82. The van der Waals surface area contributed by atoms with E-state index in [1.165, 1.54) is 23.6 Å². The van der Waals surface area contributed by atoms with Gasteiger partial charge in [-0.3, -0.25) is 14.7 Å². The Kier molecular flexibility index (Phi) is 7.92. The highest BCUT2D eigenvalue weighted by atomic mass is 32.2. The summed E-state index contributed by atoms with van der Waals surface area (Å²) < 4.78 is 15.5. The molecule has 1 saturated heterocycles. The van der Waals surface area contributed by atoms with Crippen LogP contribution in [0.25, 0.3) is 6.08 Å². The Morgan fingerprint density at radius 2 is 2.03 bits per heavy atom. The number of ether oxygens (including phenoxy) is 3. The number of β-lactam (4-membered cyclic amide) rings is 1. The van der Waals surface area contributed by atoms with Crippen molar-refractivity contribution in [2.24, 2.45) is 5.73 Å². The molecular formula is C22H27N3O6S. The molecule has 1 aromatic rings. The van der Waals surface area contributed by atoms with E-state index in [2.05, 4.69) is 4.98 Å². The number of nitrogens with zero attached hydrogens (tertiary/aromatic N) is 2. The van der Waals surface area contributed by atoms with Crippen molar-refractivity contribution in [3.63, 3.8) is 0 Å². The van der Waals surface area contributed by atoms with Crippen molar-refractivity contribution >= 4 is 35.9 Å². The summed E-state index contributed by atoms with van der Waals surface area (Å²) >= 11 is 1.47. The molecule has 1 aromatic heterocycles. The molecule has 0 radical (unpaired) electrons. The van der Waals surface area contributed by atoms with Crippen LogP contribution < -0.4 is 5.73 Å². The normalized spacial score (nSPS) is 21.3. The maximum atomic E-state index is 13.0. The van der Waals surface area contributed by atoms with Gasteiger partial charge in [-0.15, -0.1) is 11.8 Å². The number of amides is 1. The van der Waals surface area contributed by atoms with Gasteiger partial charge in [0.05, 0.1) is 0 Å². The summed E-state index contributed by atoms with van der Waals surface area (Å²) in [6.45, 7) is 5.20. The summed E-state index contributed by atoms with van der Waals surface area (Å²) in [5.41, 5.74) is 7.44. The van der Waals surface area contributed by atoms with Crippen molar-refractivity contribution in [1.82, 2.24) is 9.88 Å². The second-order valence-corrected chi connectivity index (χ2v) is 8.43. The monoisotopic (exact) mass is 461 g/mol. The molecule has 2 N–H and O–H groups in total. The van der Waals surface area contributed by atoms with Crippen LogP contribution in [-0.4, -0.2) is 57.5 Å². The van der Waals surface area contributed by atoms with E-state index < -0.39 is 24.5 Å². The lowest BCUT2D eigenvalue weighted by molar-refractivity contribution is -0.169. The Morgan fingerprint density at radius 3 is 2.69 bits per heavy atom. The fourth-order valence-electron chi connectivity index (χ4n) is 3.31. The minimum atomic E-state index is -1.20. The SMILES string of the molecule is CCC(CC)OC(=O)OC(C)OC(=O)C1=C(/C=C\c2cccnc2)CS[C@@H]2[C@H](N)C(=O)N12. The number of carbonyl (C=O) groups excluding carboxylic acids is 3. The molecule has 0 spiro atoms. The van der Waals surface area contributed by atoms with Crippen LogP contribution in [0.1, 0.15) is 39.2 Å². The van der Waals surface area contributed by atoms with E-state index in [-0.39, 0.29) is 23.1 Å². The van der Waals surface area contributed by atoms with Crippen LogP contribution in [0, 0.1) is 0 Å². The summed E-state index contributed by atoms with van der Waals surface area (Å²) in [5, 5.41) is -0.336. The van der Waals surface area contributed by atoms with Crippen LogP contribution >= 0.6 is 11.8 Å². The molecule has 0 saturated carbocycles. The van der Waals surface area contributed by atoms with E-state index >= 15 is 0 Å². The fraction of sp³-hybridized carbons (Fsp3) is 0.455. The maximum Gasteiger partial charge on any atom is 0.511 e. The number of nitrogens with two attached hydrogens (primary N) is 1. The molecule has 3 atom stereocenters. The van der Waals surface area contributed by atoms with Crippen molar-refractivity contribution in [3.8, 4) is 0 Å². The number of hydrogen-bond acceptors (Lipinski definition) is 9. The molecule has 1 unspecified atom stereocenters. The van der Waals surface area contributed by atoms with Gasteiger partial charge in [0.25, 0.3) is 0 Å². The van der Waals surface area contributed by atoms with Crippen LogP contribution in [0.2, 0.25) is 0 Å². The zero-order chi connectivity index (χ0) is 23.3. The number of carbonyl (C=O) groups is 3. The van der Waals surface area contributed by atoms with E-state index in [0.29, 0.717) is 24.2 Å². The number of rotatable bonds is 8. The second kappa shape index (κ2) is 10.6. The van der Waals surface area contributed by atoms with Gasteiger partial charge in [0.1, 0.15) is 23.2 Å². The highest BCUT2D eigenvalue weighted by Gasteiger charge is 2.52. The quantitative estimate of drug-likeness (QED) is 0.354. The molecule has 1 amide bonds. The lowest BCUT2D eigenvalue weighted by Gasteiger charge is -2.48. The van der Waals surface area contributed by atoms with Gasteiger partial charge in [0, 0.05) is 25.1 Å². The molecule has 1 fully saturated rings. The first-order chi connectivity index (χ1) is 15.3. The van der Waals surface area contributed by atoms with E-state index in [0.717, 1.165) is 5.56 Å². The minimum absolute atomic E-state index is 0.101. The lowest BCUT2D eigenvalue weighted by Crippen LogP contribution is -2.68. The van der Waals surface area contributed by atoms with Gasteiger partial charge in [-0.2, -0.15) is 0 Å². The number of thioether (sulfide) groups is 1. The van der Waals surface area contributed by atoms with Crippen LogP contribution in [-0.2, 0) is 23.8 Å². The van der Waals surface area contributed by atoms with Crippen LogP contribution in [0.4, 0.5) is 4.79 Å². The summed E-state index contributed by atoms with van der Waals surface area (Å²) in [6, 6.07) is 3.00. The highest BCUT2D eigenvalue weighted by Crippen LogP contribution is 2.40. The molecule has 9 nitrogen and oxygen atoms in total. The Morgan fingerprint density at radius 1 is 1.28 bits per heavy atom. The molecule has 3 heterocycles. The zero-order valence-electron chi connectivity index (χ0n) is 18.2. The molecule has 3 rings (SSSR count). The second-order valence-electron chi connectivity index (χ2n) is 7.33. The van der Waals surface area contributed by atoms with Gasteiger partial charge in [-0.25, -0.2) is 9.59 Å². The molecule has 2 aliphatic heterocycles. The van der Waals surface area contributed by atoms with Crippen LogP contribution in [0.3, 0.4) is 0 Å². The van der Waals surface area contributed by atoms with Gasteiger partial charge < -0.3 is 19.9 Å². The molecule has 0 aromatic carbocycles. The first kappa shape index (κ1) is 23.8. The largest absolute Gasteiger partial charge is 0.511 e. The molecule has 172 valence electrons. The summed E-state index contributed by atoms with van der Waals surface area (Å²) in [5.74, 6) is -0.665.